The summed E-state index contributed by atoms with van der Waals surface area (Å²) in [6.07, 6.45) is 1.73. The summed E-state index contributed by atoms with van der Waals surface area (Å²) in [5.74, 6) is 1.97. The Morgan fingerprint density at radius 1 is 1.06 bits per heavy atom. The highest BCUT2D eigenvalue weighted by Gasteiger charge is 2.05. The van der Waals surface area contributed by atoms with E-state index in [-0.39, 0.29) is 0 Å². The summed E-state index contributed by atoms with van der Waals surface area (Å²) in [4.78, 5) is 15.7. The van der Waals surface area contributed by atoms with E-state index in [0.29, 0.717) is 4.91 Å². The van der Waals surface area contributed by atoms with Gasteiger partial charge in [0.2, 0.25) is 0 Å². The van der Waals surface area contributed by atoms with Gasteiger partial charge in [-0.2, -0.15) is 0 Å². The molecule has 0 radical (unpaired) electrons. The van der Waals surface area contributed by atoms with Crippen molar-refractivity contribution in [3.8, 4) is 0 Å². The standard InChI is InChI=1S/C13H9NOS2/c15-10-12(11-6-2-1-3-7-11)16-17-13-8-4-5-9-14-13/h1-9H. The van der Waals surface area contributed by atoms with E-state index < -0.39 is 0 Å². The Balaban J connectivity index is 2.06. The first-order valence-electron chi connectivity index (χ1n) is 4.96. The van der Waals surface area contributed by atoms with E-state index in [1.54, 1.807) is 6.20 Å². The lowest BCUT2D eigenvalue weighted by Crippen LogP contribution is -1.79. The first kappa shape index (κ1) is 12.0. The summed E-state index contributed by atoms with van der Waals surface area (Å²) >= 11 is 0. The number of benzene rings is 1. The second-order valence-corrected chi connectivity index (χ2v) is 5.29. The quantitative estimate of drug-likeness (QED) is 0.618. The number of aromatic nitrogens is 1. The fourth-order valence-electron chi connectivity index (χ4n) is 1.19. The molecule has 0 aliphatic carbocycles. The van der Waals surface area contributed by atoms with Crippen molar-refractivity contribution in [2.75, 3.05) is 0 Å². The van der Waals surface area contributed by atoms with E-state index >= 15 is 0 Å². The summed E-state index contributed by atoms with van der Waals surface area (Å²) in [5, 5.41) is 0.876. The molecule has 2 aromatic rings. The maximum Gasteiger partial charge on any atom is 0.140 e. The number of carbonyl (C=O) groups excluding carboxylic acids is 1. The second kappa shape index (κ2) is 6.30. The van der Waals surface area contributed by atoms with Crippen molar-refractivity contribution in [1.29, 1.82) is 0 Å². The largest absolute Gasteiger partial charge is 0.249 e. The lowest BCUT2D eigenvalue weighted by atomic mass is 10.2. The number of nitrogens with zero attached hydrogens (tertiary/aromatic N) is 1. The molecule has 1 heterocycles. The molecule has 0 unspecified atom stereocenters. The van der Waals surface area contributed by atoms with Crippen molar-refractivity contribution in [2.24, 2.45) is 0 Å². The van der Waals surface area contributed by atoms with Crippen LogP contribution >= 0.6 is 21.6 Å². The minimum Gasteiger partial charge on any atom is -0.249 e. The molecule has 0 saturated heterocycles. The van der Waals surface area contributed by atoms with Gasteiger partial charge in [-0.15, -0.1) is 0 Å². The van der Waals surface area contributed by atoms with E-state index in [1.807, 2.05) is 54.5 Å². The van der Waals surface area contributed by atoms with E-state index in [0.717, 1.165) is 10.6 Å². The van der Waals surface area contributed by atoms with Crippen molar-refractivity contribution >= 4 is 32.4 Å². The molecule has 0 spiro atoms. The zero-order valence-electron chi connectivity index (χ0n) is 8.87. The maximum atomic E-state index is 10.9. The van der Waals surface area contributed by atoms with Gasteiger partial charge in [0.15, 0.2) is 0 Å². The molecule has 0 amide bonds. The number of hydrogen-bond acceptors (Lipinski definition) is 4. The van der Waals surface area contributed by atoms with Gasteiger partial charge in [-0.05, 0) is 33.7 Å². The fourth-order valence-corrected chi connectivity index (χ4v) is 3.06. The van der Waals surface area contributed by atoms with Gasteiger partial charge in [0.05, 0.1) is 0 Å². The lowest BCUT2D eigenvalue weighted by molar-refractivity contribution is 0.570. The molecule has 0 N–H and O–H groups in total. The number of pyridine rings is 1. The normalized spacial score (nSPS) is 9.65. The molecular formula is C13H9NOS2. The Hall–Kier alpha value is -1.48. The van der Waals surface area contributed by atoms with Crippen molar-refractivity contribution in [3.63, 3.8) is 0 Å². The van der Waals surface area contributed by atoms with Crippen LogP contribution < -0.4 is 0 Å². The second-order valence-electron chi connectivity index (χ2n) is 3.13. The van der Waals surface area contributed by atoms with Crippen LogP contribution in [-0.4, -0.2) is 10.9 Å². The van der Waals surface area contributed by atoms with Crippen LogP contribution in [0.4, 0.5) is 0 Å². The van der Waals surface area contributed by atoms with Gasteiger partial charge in [-0.3, -0.25) is 0 Å². The van der Waals surface area contributed by atoms with E-state index in [4.69, 9.17) is 0 Å². The lowest BCUT2D eigenvalue weighted by Gasteiger charge is -2.01. The summed E-state index contributed by atoms with van der Waals surface area (Å²) in [7, 11) is 2.83. The molecular weight excluding hydrogens is 250 g/mol. The Bertz CT molecular complexity index is 522. The van der Waals surface area contributed by atoms with Crippen LogP contribution in [0, 0.1) is 0 Å². The van der Waals surface area contributed by atoms with Crippen molar-refractivity contribution < 1.29 is 4.79 Å². The van der Waals surface area contributed by atoms with Crippen molar-refractivity contribution in [3.05, 3.63) is 60.3 Å². The highest BCUT2D eigenvalue weighted by atomic mass is 33.1. The Morgan fingerprint density at radius 3 is 2.47 bits per heavy atom. The topological polar surface area (TPSA) is 30.0 Å². The third kappa shape index (κ3) is 3.49. The van der Waals surface area contributed by atoms with Crippen LogP contribution in [0.5, 0.6) is 0 Å². The average Bonchev–Trinajstić information content (AvgIpc) is 2.42. The Kier molecular flexibility index (Phi) is 4.45. The van der Waals surface area contributed by atoms with Crippen LogP contribution in [0.2, 0.25) is 0 Å². The van der Waals surface area contributed by atoms with Gasteiger partial charge in [0.25, 0.3) is 0 Å². The number of rotatable bonds is 4. The predicted octanol–water partition coefficient (Wildman–Crippen LogP) is 3.69. The Labute approximate surface area is 108 Å². The summed E-state index contributed by atoms with van der Waals surface area (Å²) in [6.45, 7) is 0. The molecule has 1 aromatic carbocycles. The number of hydrogen-bond donors (Lipinski definition) is 0. The monoisotopic (exact) mass is 259 g/mol. The third-order valence-electron chi connectivity index (χ3n) is 1.98. The molecule has 0 bridgehead atoms. The van der Waals surface area contributed by atoms with E-state index in [2.05, 4.69) is 4.98 Å². The Morgan fingerprint density at radius 2 is 1.82 bits per heavy atom. The highest BCUT2D eigenvalue weighted by molar-refractivity contribution is 8.80. The van der Waals surface area contributed by atoms with Crippen molar-refractivity contribution in [1.82, 2.24) is 4.98 Å². The van der Waals surface area contributed by atoms with Gasteiger partial charge in [0.1, 0.15) is 15.9 Å². The van der Waals surface area contributed by atoms with Crippen LogP contribution in [0.15, 0.2) is 59.8 Å². The molecule has 4 heteroatoms. The fraction of sp³-hybridized carbons (Fsp3) is 0. The third-order valence-corrected chi connectivity index (χ3v) is 4.22. The molecule has 0 saturated carbocycles. The molecule has 17 heavy (non-hydrogen) atoms. The maximum absolute atomic E-state index is 10.9. The first-order chi connectivity index (χ1) is 8.40. The van der Waals surface area contributed by atoms with Gasteiger partial charge < -0.3 is 0 Å². The minimum absolute atomic E-state index is 0.584. The first-order valence-corrected chi connectivity index (χ1v) is 7.11. The van der Waals surface area contributed by atoms with Crippen LogP contribution in [0.3, 0.4) is 0 Å². The zero-order chi connectivity index (χ0) is 11.9. The SMILES string of the molecule is O=C=C(SSc1ccccn1)c1ccccc1. The van der Waals surface area contributed by atoms with E-state index in [9.17, 15) is 4.79 Å². The summed E-state index contributed by atoms with van der Waals surface area (Å²) in [6, 6.07) is 15.2. The van der Waals surface area contributed by atoms with Gasteiger partial charge in [-0.25, -0.2) is 9.78 Å². The van der Waals surface area contributed by atoms with Crippen LogP contribution in [-0.2, 0) is 4.79 Å². The van der Waals surface area contributed by atoms with Crippen LogP contribution in [0.25, 0.3) is 4.91 Å². The van der Waals surface area contributed by atoms with Gasteiger partial charge in [0, 0.05) is 11.8 Å². The molecule has 84 valence electrons. The average molecular weight is 259 g/mol. The summed E-state index contributed by atoms with van der Waals surface area (Å²) in [5.41, 5.74) is 0.885. The molecule has 0 aliphatic heterocycles. The molecule has 0 aliphatic rings. The highest BCUT2D eigenvalue weighted by Crippen LogP contribution is 2.39. The van der Waals surface area contributed by atoms with E-state index in [1.165, 1.54) is 21.6 Å². The van der Waals surface area contributed by atoms with Gasteiger partial charge in [-0.1, -0.05) is 36.4 Å². The molecule has 2 rings (SSSR count). The molecule has 1 aromatic heterocycles. The molecule has 2 nitrogen and oxygen atoms in total. The molecule has 0 fully saturated rings. The minimum atomic E-state index is 0.584. The predicted molar refractivity (Wildman–Crippen MR) is 73.2 cm³/mol. The summed E-state index contributed by atoms with van der Waals surface area (Å²) < 4.78 is 0. The smallest absolute Gasteiger partial charge is 0.140 e. The molecule has 0 atom stereocenters. The van der Waals surface area contributed by atoms with Gasteiger partial charge >= 0.3 is 0 Å². The van der Waals surface area contributed by atoms with Crippen LogP contribution in [0.1, 0.15) is 5.56 Å². The van der Waals surface area contributed by atoms with Crippen molar-refractivity contribution in [2.45, 2.75) is 5.03 Å². The zero-order valence-corrected chi connectivity index (χ0v) is 10.5.